The van der Waals surface area contributed by atoms with Gasteiger partial charge in [-0.05, 0) is 40.6 Å². The smallest absolute Gasteiger partial charge is 0.247 e. The number of para-hydroxylation sites is 2. The molecule has 0 saturated carbocycles. The zero-order valence-corrected chi connectivity index (χ0v) is 15.7. The Morgan fingerprint density at radius 2 is 1.59 bits per heavy atom. The van der Waals surface area contributed by atoms with Crippen LogP contribution >= 0.6 is 0 Å². The number of hydrogen-bond acceptors (Lipinski definition) is 1. The van der Waals surface area contributed by atoms with Crippen molar-refractivity contribution in [2.24, 2.45) is 0 Å². The van der Waals surface area contributed by atoms with Crippen molar-refractivity contribution in [2.75, 3.05) is 0 Å². The van der Waals surface area contributed by atoms with Crippen LogP contribution in [-0.4, -0.2) is 11.3 Å². The van der Waals surface area contributed by atoms with Crippen molar-refractivity contribution in [3.63, 3.8) is 0 Å². The third kappa shape index (κ3) is 1.73. The molecule has 7 rings (SSSR count). The van der Waals surface area contributed by atoms with Crippen LogP contribution in [0.5, 0.6) is 0 Å². The average Bonchev–Trinajstić information content (AvgIpc) is 3.12. The highest BCUT2D eigenvalue weighted by atomic mass is 15.0. The summed E-state index contributed by atoms with van der Waals surface area (Å²) < 4.78 is 2.35. The minimum atomic E-state index is 0.179. The second kappa shape index (κ2) is 5.18. The maximum Gasteiger partial charge on any atom is 0.247 e. The molecular formula is C26H15BN2. The molecule has 0 bridgehead atoms. The van der Waals surface area contributed by atoms with Gasteiger partial charge in [0.25, 0.3) is 0 Å². The molecule has 0 saturated heterocycles. The summed E-state index contributed by atoms with van der Waals surface area (Å²) in [5.74, 6) is 0. The minimum Gasteiger partial charge on any atom is -0.309 e. The van der Waals surface area contributed by atoms with Crippen LogP contribution < -0.4 is 16.4 Å². The van der Waals surface area contributed by atoms with Crippen molar-refractivity contribution in [1.29, 1.82) is 5.26 Å². The second-order valence-electron chi connectivity index (χ2n) is 8.05. The molecule has 4 aromatic carbocycles. The lowest BCUT2D eigenvalue weighted by atomic mass is 9.32. The summed E-state index contributed by atoms with van der Waals surface area (Å²) >= 11 is 0. The van der Waals surface area contributed by atoms with Crippen molar-refractivity contribution in [1.82, 2.24) is 4.57 Å². The molecule has 0 spiro atoms. The number of nitrogens with zero attached hydrogens (tertiary/aromatic N) is 2. The van der Waals surface area contributed by atoms with E-state index in [9.17, 15) is 5.26 Å². The van der Waals surface area contributed by atoms with E-state index < -0.39 is 0 Å². The van der Waals surface area contributed by atoms with Gasteiger partial charge in [-0.3, -0.25) is 0 Å². The summed E-state index contributed by atoms with van der Waals surface area (Å²) in [7, 11) is 0. The highest BCUT2D eigenvalue weighted by Crippen LogP contribution is 2.36. The maximum atomic E-state index is 9.97. The van der Waals surface area contributed by atoms with Crippen LogP contribution in [0.4, 0.5) is 0 Å². The molecule has 29 heavy (non-hydrogen) atoms. The molecule has 0 radical (unpaired) electrons. The van der Waals surface area contributed by atoms with Crippen LogP contribution in [-0.2, 0) is 6.42 Å². The van der Waals surface area contributed by atoms with Crippen molar-refractivity contribution >= 4 is 44.9 Å². The Bertz CT molecular complexity index is 1550. The molecule has 0 unspecified atom stereocenters. The van der Waals surface area contributed by atoms with Gasteiger partial charge in [0.2, 0.25) is 6.71 Å². The van der Waals surface area contributed by atoms with E-state index in [2.05, 4.69) is 77.4 Å². The lowest BCUT2D eigenvalue weighted by Gasteiger charge is -2.33. The Hall–Kier alpha value is -3.77. The van der Waals surface area contributed by atoms with Crippen LogP contribution in [0.3, 0.4) is 0 Å². The molecule has 3 heteroatoms. The summed E-state index contributed by atoms with van der Waals surface area (Å²) in [6.45, 7) is 0.179. The largest absolute Gasteiger partial charge is 0.309 e. The van der Waals surface area contributed by atoms with Crippen LogP contribution in [0.15, 0.2) is 78.9 Å². The third-order valence-corrected chi connectivity index (χ3v) is 6.72. The Morgan fingerprint density at radius 3 is 2.52 bits per heavy atom. The van der Waals surface area contributed by atoms with E-state index in [0.717, 1.165) is 17.7 Å². The summed E-state index contributed by atoms with van der Waals surface area (Å²) in [5.41, 5.74) is 11.1. The first-order valence-electron chi connectivity index (χ1n) is 10.0. The third-order valence-electron chi connectivity index (χ3n) is 6.72. The summed E-state index contributed by atoms with van der Waals surface area (Å²) in [4.78, 5) is 0. The van der Waals surface area contributed by atoms with Gasteiger partial charge < -0.3 is 4.57 Å². The van der Waals surface area contributed by atoms with Gasteiger partial charge in [0.15, 0.2) is 0 Å². The number of benzene rings is 4. The topological polar surface area (TPSA) is 28.7 Å². The maximum absolute atomic E-state index is 9.97. The van der Waals surface area contributed by atoms with Gasteiger partial charge in [-0.2, -0.15) is 5.26 Å². The fraction of sp³-hybridized carbons (Fsp3) is 0.0385. The molecule has 3 heterocycles. The number of rotatable bonds is 0. The van der Waals surface area contributed by atoms with E-state index in [1.54, 1.807) is 0 Å². The van der Waals surface area contributed by atoms with Gasteiger partial charge in [-0.25, -0.2) is 0 Å². The zero-order valence-electron chi connectivity index (χ0n) is 15.7. The van der Waals surface area contributed by atoms with Gasteiger partial charge in [0, 0.05) is 16.3 Å². The lowest BCUT2D eigenvalue weighted by molar-refractivity contribution is 1.15. The predicted octanol–water partition coefficient (Wildman–Crippen LogP) is 3.39. The van der Waals surface area contributed by atoms with Gasteiger partial charge in [0.05, 0.1) is 16.8 Å². The molecule has 1 aromatic heterocycles. The van der Waals surface area contributed by atoms with E-state index in [-0.39, 0.29) is 6.71 Å². The number of hydrogen-bond donors (Lipinski definition) is 0. The fourth-order valence-electron chi connectivity index (χ4n) is 5.63. The predicted molar refractivity (Wildman–Crippen MR) is 119 cm³/mol. The standard InChI is InChI=1S/C26H15BN2/c28-15-18-7-5-10-22-25(18)29-23-11-4-2-8-19(23)20-13-12-17-14-16-6-1-3-9-21(16)27(22)24(17)26(20)29/h1-13H,14H2. The van der Waals surface area contributed by atoms with Gasteiger partial charge in [0.1, 0.15) is 6.07 Å². The van der Waals surface area contributed by atoms with Crippen LogP contribution in [0, 0.1) is 11.3 Å². The van der Waals surface area contributed by atoms with Crippen molar-refractivity contribution in [3.8, 4) is 11.8 Å². The molecule has 2 aliphatic rings. The summed E-state index contributed by atoms with van der Waals surface area (Å²) in [5, 5.41) is 12.5. The van der Waals surface area contributed by atoms with Gasteiger partial charge in [-0.15, -0.1) is 0 Å². The molecule has 132 valence electrons. The normalized spacial score (nSPS) is 13.3. The molecule has 0 amide bonds. The van der Waals surface area contributed by atoms with Gasteiger partial charge >= 0.3 is 0 Å². The highest BCUT2D eigenvalue weighted by molar-refractivity contribution is 6.99. The van der Waals surface area contributed by atoms with E-state index in [4.69, 9.17) is 0 Å². The molecule has 0 aliphatic carbocycles. The lowest BCUT2D eigenvalue weighted by Crippen LogP contribution is -2.60. The Balaban J connectivity index is 1.79. The Kier molecular flexibility index (Phi) is 2.72. The summed E-state index contributed by atoms with van der Waals surface area (Å²) in [6, 6.07) is 30.6. The second-order valence-corrected chi connectivity index (χ2v) is 8.05. The van der Waals surface area contributed by atoms with Crippen molar-refractivity contribution in [2.45, 2.75) is 6.42 Å². The van der Waals surface area contributed by atoms with E-state index in [0.29, 0.717) is 0 Å². The molecule has 0 atom stereocenters. The first-order chi connectivity index (χ1) is 14.4. The Morgan fingerprint density at radius 1 is 0.759 bits per heavy atom. The fourth-order valence-corrected chi connectivity index (χ4v) is 5.63. The van der Waals surface area contributed by atoms with Crippen LogP contribution in [0.1, 0.15) is 16.7 Å². The molecule has 5 aromatic rings. The van der Waals surface area contributed by atoms with E-state index >= 15 is 0 Å². The molecule has 0 N–H and O–H groups in total. The average molecular weight is 366 g/mol. The summed E-state index contributed by atoms with van der Waals surface area (Å²) in [6.07, 6.45) is 0.965. The first-order valence-corrected chi connectivity index (χ1v) is 10.0. The highest BCUT2D eigenvalue weighted by Gasteiger charge is 2.39. The first kappa shape index (κ1) is 15.2. The van der Waals surface area contributed by atoms with Crippen molar-refractivity contribution in [3.05, 3.63) is 95.6 Å². The number of fused-ring (bicyclic) bond motifs is 8. The monoisotopic (exact) mass is 366 g/mol. The van der Waals surface area contributed by atoms with Crippen LogP contribution in [0.25, 0.3) is 27.5 Å². The molecule has 2 nitrogen and oxygen atoms in total. The molecule has 2 aliphatic heterocycles. The Labute approximate surface area is 168 Å². The molecular weight excluding hydrogens is 351 g/mol. The van der Waals surface area contributed by atoms with Crippen LogP contribution in [0.2, 0.25) is 0 Å². The minimum absolute atomic E-state index is 0.179. The zero-order chi connectivity index (χ0) is 19.1. The van der Waals surface area contributed by atoms with E-state index in [1.807, 2.05) is 12.1 Å². The molecule has 0 fully saturated rings. The van der Waals surface area contributed by atoms with E-state index in [1.165, 1.54) is 49.3 Å². The quantitative estimate of drug-likeness (QED) is 0.378. The SMILES string of the molecule is N#Cc1cccc2c1-n1c3ccccc3c3ccc4c(c31)B2c1ccccc1C4. The van der Waals surface area contributed by atoms with Gasteiger partial charge in [-0.1, -0.05) is 72.2 Å². The number of nitriles is 1. The van der Waals surface area contributed by atoms with Crippen molar-refractivity contribution < 1.29 is 0 Å². The number of aromatic nitrogens is 1.